The number of aromatic carboxylic acids is 1. The Morgan fingerprint density at radius 1 is 1.42 bits per heavy atom. The highest BCUT2D eigenvalue weighted by Crippen LogP contribution is 2.13. The number of esters is 1. The number of rotatable bonds is 7. The molecule has 0 amide bonds. The van der Waals surface area contributed by atoms with E-state index in [1.807, 2.05) is 0 Å². The van der Waals surface area contributed by atoms with Crippen molar-refractivity contribution < 1.29 is 32.3 Å². The number of sulfonamides is 1. The van der Waals surface area contributed by atoms with E-state index in [9.17, 15) is 18.0 Å². The standard InChI is InChI=1S/C10H13NO7S/c1-2-17-8(12)5-6-11-19(15,16)9-4-3-7(18-9)10(13)14/h3-4,11H,2,5-6H2,1H3,(H,13,14). The highest BCUT2D eigenvalue weighted by Gasteiger charge is 2.20. The van der Waals surface area contributed by atoms with Crippen LogP contribution in [0, 0.1) is 0 Å². The second kappa shape index (κ2) is 6.34. The van der Waals surface area contributed by atoms with Gasteiger partial charge in [-0.1, -0.05) is 0 Å². The lowest BCUT2D eigenvalue weighted by Gasteiger charge is -2.03. The first-order chi connectivity index (χ1) is 8.86. The van der Waals surface area contributed by atoms with E-state index in [0.29, 0.717) is 0 Å². The fourth-order valence-electron chi connectivity index (χ4n) is 1.17. The van der Waals surface area contributed by atoms with Gasteiger partial charge in [-0.2, -0.15) is 0 Å². The SMILES string of the molecule is CCOC(=O)CCNS(=O)(=O)c1ccc(C(=O)O)o1. The number of carboxylic acid groups (broad SMARTS) is 1. The molecule has 19 heavy (non-hydrogen) atoms. The summed E-state index contributed by atoms with van der Waals surface area (Å²) in [5.41, 5.74) is 0. The Labute approximate surface area is 109 Å². The Kier molecular flexibility index (Phi) is 5.07. The van der Waals surface area contributed by atoms with Crippen molar-refractivity contribution in [2.24, 2.45) is 0 Å². The van der Waals surface area contributed by atoms with E-state index in [1.54, 1.807) is 6.92 Å². The quantitative estimate of drug-likeness (QED) is 0.688. The Morgan fingerprint density at radius 3 is 2.63 bits per heavy atom. The molecule has 0 aromatic carbocycles. The molecule has 2 N–H and O–H groups in total. The minimum atomic E-state index is -3.97. The fourth-order valence-corrected chi connectivity index (χ4v) is 2.13. The second-order valence-corrected chi connectivity index (χ2v) is 5.07. The highest BCUT2D eigenvalue weighted by molar-refractivity contribution is 7.89. The molecular weight excluding hydrogens is 278 g/mol. The molecule has 0 radical (unpaired) electrons. The average Bonchev–Trinajstić information content (AvgIpc) is 2.79. The van der Waals surface area contributed by atoms with E-state index >= 15 is 0 Å². The van der Waals surface area contributed by atoms with Crippen molar-refractivity contribution in [3.63, 3.8) is 0 Å². The van der Waals surface area contributed by atoms with E-state index in [2.05, 4.69) is 13.9 Å². The number of carbonyl (C=O) groups is 2. The first-order valence-corrected chi connectivity index (χ1v) is 6.83. The van der Waals surface area contributed by atoms with Gasteiger partial charge < -0.3 is 14.3 Å². The summed E-state index contributed by atoms with van der Waals surface area (Å²) in [6, 6.07) is 2.05. The molecule has 1 rings (SSSR count). The maximum atomic E-state index is 11.7. The average molecular weight is 291 g/mol. The number of hydrogen-bond donors (Lipinski definition) is 2. The molecule has 0 aliphatic heterocycles. The van der Waals surface area contributed by atoms with Gasteiger partial charge in [-0.05, 0) is 19.1 Å². The van der Waals surface area contributed by atoms with Gasteiger partial charge in [-0.3, -0.25) is 4.79 Å². The minimum absolute atomic E-state index is 0.125. The van der Waals surface area contributed by atoms with Crippen molar-refractivity contribution in [1.82, 2.24) is 4.72 Å². The van der Waals surface area contributed by atoms with Gasteiger partial charge in [-0.15, -0.1) is 0 Å². The van der Waals surface area contributed by atoms with Crippen molar-refractivity contribution >= 4 is 22.0 Å². The van der Waals surface area contributed by atoms with E-state index in [4.69, 9.17) is 5.11 Å². The topological polar surface area (TPSA) is 123 Å². The second-order valence-electron chi connectivity index (χ2n) is 3.38. The first kappa shape index (κ1) is 15.2. The zero-order chi connectivity index (χ0) is 14.5. The molecule has 0 saturated carbocycles. The Morgan fingerprint density at radius 2 is 2.11 bits per heavy atom. The van der Waals surface area contributed by atoms with Crippen molar-refractivity contribution in [2.75, 3.05) is 13.2 Å². The maximum Gasteiger partial charge on any atom is 0.371 e. The van der Waals surface area contributed by atoms with Crippen LogP contribution in [0.5, 0.6) is 0 Å². The molecule has 0 fully saturated rings. The minimum Gasteiger partial charge on any atom is -0.475 e. The number of carbonyl (C=O) groups excluding carboxylic acids is 1. The maximum absolute atomic E-state index is 11.7. The van der Waals surface area contributed by atoms with E-state index in [0.717, 1.165) is 12.1 Å². The molecule has 0 spiro atoms. The van der Waals surface area contributed by atoms with Crippen LogP contribution < -0.4 is 4.72 Å². The highest BCUT2D eigenvalue weighted by atomic mass is 32.2. The predicted molar refractivity (Wildman–Crippen MR) is 62.1 cm³/mol. The van der Waals surface area contributed by atoms with Crippen LogP contribution in [0.15, 0.2) is 21.6 Å². The fraction of sp³-hybridized carbons (Fsp3) is 0.400. The molecule has 0 aliphatic carbocycles. The Hall–Kier alpha value is -1.87. The molecule has 0 unspecified atom stereocenters. The first-order valence-electron chi connectivity index (χ1n) is 5.35. The van der Waals surface area contributed by atoms with Crippen molar-refractivity contribution in [2.45, 2.75) is 18.4 Å². The lowest BCUT2D eigenvalue weighted by atomic mass is 10.4. The number of nitrogens with one attached hydrogen (secondary N) is 1. The summed E-state index contributed by atoms with van der Waals surface area (Å²) in [5.74, 6) is -2.38. The van der Waals surface area contributed by atoms with Crippen molar-refractivity contribution in [3.05, 3.63) is 17.9 Å². The van der Waals surface area contributed by atoms with Crippen LogP contribution in [0.25, 0.3) is 0 Å². The molecule has 1 aromatic heterocycles. The summed E-state index contributed by atoms with van der Waals surface area (Å²) >= 11 is 0. The smallest absolute Gasteiger partial charge is 0.371 e. The zero-order valence-corrected chi connectivity index (χ0v) is 10.9. The van der Waals surface area contributed by atoms with Gasteiger partial charge in [0.2, 0.25) is 10.9 Å². The van der Waals surface area contributed by atoms with Crippen molar-refractivity contribution in [1.29, 1.82) is 0 Å². The van der Waals surface area contributed by atoms with Gasteiger partial charge in [-0.25, -0.2) is 17.9 Å². The van der Waals surface area contributed by atoms with Gasteiger partial charge in [0.1, 0.15) is 0 Å². The summed E-state index contributed by atoms with van der Waals surface area (Å²) < 4.78 is 34.7. The molecule has 106 valence electrons. The summed E-state index contributed by atoms with van der Waals surface area (Å²) in [6.45, 7) is 1.69. The van der Waals surface area contributed by atoms with Gasteiger partial charge in [0.25, 0.3) is 10.0 Å². The number of carboxylic acids is 1. The molecule has 0 aliphatic rings. The normalized spacial score (nSPS) is 11.2. The molecule has 8 nitrogen and oxygen atoms in total. The van der Waals surface area contributed by atoms with Crippen LogP contribution in [-0.2, 0) is 19.6 Å². The lowest BCUT2D eigenvalue weighted by Crippen LogP contribution is -2.26. The molecule has 0 bridgehead atoms. The van der Waals surface area contributed by atoms with Crippen LogP contribution in [-0.4, -0.2) is 38.6 Å². The molecule has 9 heteroatoms. The largest absolute Gasteiger partial charge is 0.475 e. The molecular formula is C10H13NO7S. The van der Waals surface area contributed by atoms with Crippen molar-refractivity contribution in [3.8, 4) is 0 Å². The van der Waals surface area contributed by atoms with Gasteiger partial charge in [0.05, 0.1) is 13.0 Å². The summed E-state index contributed by atoms with van der Waals surface area (Å²) in [7, 11) is -3.97. The Bertz CT molecular complexity index is 560. The van der Waals surface area contributed by atoms with E-state index < -0.39 is 32.8 Å². The summed E-state index contributed by atoms with van der Waals surface area (Å²) in [6.07, 6.45) is -0.125. The number of furan rings is 1. The van der Waals surface area contributed by atoms with Crippen LogP contribution in [0.2, 0.25) is 0 Å². The van der Waals surface area contributed by atoms with Crippen LogP contribution in [0.3, 0.4) is 0 Å². The molecule has 1 heterocycles. The Balaban J connectivity index is 2.60. The molecule has 1 aromatic rings. The monoisotopic (exact) mass is 291 g/mol. The third-order valence-electron chi connectivity index (χ3n) is 1.98. The van der Waals surface area contributed by atoms with Gasteiger partial charge >= 0.3 is 11.9 Å². The predicted octanol–water partition coefficient (Wildman–Crippen LogP) is 0.209. The third-order valence-corrected chi connectivity index (χ3v) is 3.32. The van der Waals surface area contributed by atoms with E-state index in [1.165, 1.54) is 0 Å². The summed E-state index contributed by atoms with van der Waals surface area (Å²) in [4.78, 5) is 21.5. The summed E-state index contributed by atoms with van der Waals surface area (Å²) in [5, 5.41) is 8.08. The van der Waals surface area contributed by atoms with E-state index in [-0.39, 0.29) is 19.6 Å². The zero-order valence-electron chi connectivity index (χ0n) is 10.1. The van der Waals surface area contributed by atoms with Crippen LogP contribution >= 0.6 is 0 Å². The molecule has 0 atom stereocenters. The van der Waals surface area contributed by atoms with Gasteiger partial charge in [0, 0.05) is 6.54 Å². The lowest BCUT2D eigenvalue weighted by molar-refractivity contribution is -0.142. The van der Waals surface area contributed by atoms with Crippen LogP contribution in [0.4, 0.5) is 0 Å². The van der Waals surface area contributed by atoms with Crippen LogP contribution in [0.1, 0.15) is 23.9 Å². The molecule has 0 saturated heterocycles. The van der Waals surface area contributed by atoms with Gasteiger partial charge in [0.15, 0.2) is 0 Å². The number of hydrogen-bond acceptors (Lipinski definition) is 6. The third kappa shape index (κ3) is 4.38. The number of ether oxygens (including phenoxy) is 1.